The lowest BCUT2D eigenvalue weighted by Gasteiger charge is -2.12. The fourth-order valence-electron chi connectivity index (χ4n) is 1.83. The van der Waals surface area contributed by atoms with Gasteiger partial charge < -0.3 is 0 Å². The lowest BCUT2D eigenvalue weighted by atomic mass is 10.1. The molecule has 26 heavy (non-hydrogen) atoms. The van der Waals surface area contributed by atoms with Crippen molar-refractivity contribution >= 4 is 69.6 Å². The van der Waals surface area contributed by atoms with Crippen LogP contribution in [0.3, 0.4) is 0 Å². The summed E-state index contributed by atoms with van der Waals surface area (Å²) in [5.41, 5.74) is 2.55. The maximum atomic E-state index is 5.53. The van der Waals surface area contributed by atoms with Crippen LogP contribution in [-0.2, 0) is 7.59 Å². The molecule has 0 spiro atoms. The molecule has 136 valence electrons. The Bertz CT molecular complexity index is 750. The van der Waals surface area contributed by atoms with Gasteiger partial charge in [-0.2, -0.15) is 0 Å². The molecule has 0 aliphatic rings. The minimum Gasteiger partial charge on any atom is -0.217 e. The SMILES string of the molecule is ClC(Cl)(Cl)c1ncnc(C(Cl)(Cl)Cl)n1.c1ccc(-c2ccccc2)cc1. The maximum absolute atomic E-state index is 5.53. The van der Waals surface area contributed by atoms with Crippen molar-refractivity contribution in [3.63, 3.8) is 0 Å². The third kappa shape index (κ3) is 6.73. The van der Waals surface area contributed by atoms with Gasteiger partial charge >= 0.3 is 0 Å². The van der Waals surface area contributed by atoms with E-state index in [9.17, 15) is 0 Å². The van der Waals surface area contributed by atoms with Crippen LogP contribution < -0.4 is 0 Å². The molecule has 0 aliphatic carbocycles. The van der Waals surface area contributed by atoms with Gasteiger partial charge in [0.25, 0.3) is 0 Å². The first-order chi connectivity index (χ1) is 12.2. The number of hydrogen-bond acceptors (Lipinski definition) is 3. The first kappa shape index (κ1) is 21.5. The van der Waals surface area contributed by atoms with E-state index in [1.165, 1.54) is 11.1 Å². The Balaban J connectivity index is 0.000000189. The molecule has 1 heterocycles. The Labute approximate surface area is 181 Å². The monoisotopic (exact) mass is 467 g/mol. The second-order valence-corrected chi connectivity index (χ2v) is 9.42. The number of hydrogen-bond donors (Lipinski definition) is 0. The molecular weight excluding hydrogens is 459 g/mol. The van der Waals surface area contributed by atoms with Crippen molar-refractivity contribution in [2.24, 2.45) is 0 Å². The van der Waals surface area contributed by atoms with Crippen LogP contribution in [0.1, 0.15) is 11.6 Å². The van der Waals surface area contributed by atoms with Crippen LogP contribution in [0.4, 0.5) is 0 Å². The lowest BCUT2D eigenvalue weighted by Crippen LogP contribution is -2.14. The van der Waals surface area contributed by atoms with E-state index in [-0.39, 0.29) is 11.6 Å². The Hall–Kier alpha value is -0.810. The van der Waals surface area contributed by atoms with Crippen LogP contribution in [0.15, 0.2) is 67.0 Å². The van der Waals surface area contributed by atoms with E-state index in [0.29, 0.717) is 0 Å². The van der Waals surface area contributed by atoms with E-state index in [1.807, 2.05) is 12.1 Å². The molecule has 0 saturated heterocycles. The first-order valence-corrected chi connectivity index (χ1v) is 9.38. The Morgan fingerprint density at radius 2 is 0.885 bits per heavy atom. The molecule has 2 aromatic carbocycles. The summed E-state index contributed by atoms with van der Waals surface area (Å²) < 4.78 is -3.54. The maximum Gasteiger partial charge on any atom is 0.250 e. The van der Waals surface area contributed by atoms with Crippen LogP contribution in [0.25, 0.3) is 11.1 Å². The average molecular weight is 470 g/mol. The van der Waals surface area contributed by atoms with Crippen molar-refractivity contribution in [1.29, 1.82) is 0 Å². The largest absolute Gasteiger partial charge is 0.250 e. The lowest BCUT2D eigenvalue weighted by molar-refractivity contribution is 0.844. The average Bonchev–Trinajstić information content (AvgIpc) is 2.62. The highest BCUT2D eigenvalue weighted by molar-refractivity contribution is 6.67. The topological polar surface area (TPSA) is 38.7 Å². The van der Waals surface area contributed by atoms with Crippen LogP contribution in [0.2, 0.25) is 0 Å². The normalized spacial score (nSPS) is 11.5. The van der Waals surface area contributed by atoms with Gasteiger partial charge in [-0.1, -0.05) is 130 Å². The van der Waals surface area contributed by atoms with Crippen molar-refractivity contribution in [1.82, 2.24) is 15.0 Å². The van der Waals surface area contributed by atoms with Gasteiger partial charge in [-0.15, -0.1) is 0 Å². The summed E-state index contributed by atoms with van der Waals surface area (Å²) in [5.74, 6) is -0.197. The molecule has 0 N–H and O–H groups in total. The molecule has 0 radical (unpaired) electrons. The molecule has 0 aliphatic heterocycles. The second kappa shape index (κ2) is 9.41. The minimum atomic E-state index is -1.77. The van der Waals surface area contributed by atoms with E-state index in [0.717, 1.165) is 6.33 Å². The molecule has 3 rings (SSSR count). The Morgan fingerprint density at radius 1 is 0.538 bits per heavy atom. The van der Waals surface area contributed by atoms with Crippen LogP contribution in [-0.4, -0.2) is 15.0 Å². The summed E-state index contributed by atoms with van der Waals surface area (Å²) in [6.07, 6.45) is 1.10. The molecule has 0 fully saturated rings. The molecule has 3 nitrogen and oxygen atoms in total. The quantitative estimate of drug-likeness (QED) is 0.364. The molecule has 9 heteroatoms. The van der Waals surface area contributed by atoms with E-state index in [2.05, 4.69) is 63.5 Å². The zero-order valence-corrected chi connectivity index (χ0v) is 17.5. The van der Waals surface area contributed by atoms with Gasteiger partial charge in [-0.3, -0.25) is 0 Å². The predicted molar refractivity (Wildman–Crippen MR) is 110 cm³/mol. The Morgan fingerprint density at radius 3 is 1.19 bits per heavy atom. The van der Waals surface area contributed by atoms with Gasteiger partial charge in [0.05, 0.1) is 0 Å². The molecule has 0 unspecified atom stereocenters. The van der Waals surface area contributed by atoms with Gasteiger partial charge in [0.1, 0.15) is 6.33 Å². The van der Waals surface area contributed by atoms with Crippen molar-refractivity contribution in [3.05, 3.63) is 78.6 Å². The third-order valence-electron chi connectivity index (χ3n) is 2.96. The van der Waals surface area contributed by atoms with E-state index < -0.39 is 7.59 Å². The standard InChI is InChI=1S/C12H10.C5HCl6N3/c1-3-7-11(8-4-1)12-9-5-2-6-10-12;6-4(7,8)2-12-1-13-3(14-2)5(9,10)11/h1-10H;1H. The van der Waals surface area contributed by atoms with Crippen LogP contribution >= 0.6 is 69.6 Å². The fourth-order valence-corrected chi connectivity index (χ4v) is 2.38. The van der Waals surface area contributed by atoms with Gasteiger partial charge in [-0.25, -0.2) is 15.0 Å². The number of nitrogens with zero attached hydrogens (tertiary/aromatic N) is 3. The highest BCUT2D eigenvalue weighted by atomic mass is 35.6. The summed E-state index contributed by atoms with van der Waals surface area (Å²) in [6.45, 7) is 0. The summed E-state index contributed by atoms with van der Waals surface area (Å²) in [7, 11) is 0. The van der Waals surface area contributed by atoms with E-state index in [4.69, 9.17) is 69.6 Å². The van der Waals surface area contributed by atoms with E-state index >= 15 is 0 Å². The summed E-state index contributed by atoms with van der Waals surface area (Å²) in [4.78, 5) is 11.0. The summed E-state index contributed by atoms with van der Waals surface area (Å²) >= 11 is 33.2. The molecule has 0 bridgehead atoms. The van der Waals surface area contributed by atoms with Gasteiger partial charge in [0.15, 0.2) is 11.6 Å². The van der Waals surface area contributed by atoms with Crippen LogP contribution in [0.5, 0.6) is 0 Å². The zero-order chi connectivity index (χ0) is 19.2. The summed E-state index contributed by atoms with van der Waals surface area (Å²) in [6, 6.07) is 20.8. The first-order valence-electron chi connectivity index (χ1n) is 7.12. The fraction of sp³-hybridized carbons (Fsp3) is 0.118. The molecule has 0 amide bonds. The van der Waals surface area contributed by atoms with Crippen LogP contribution in [0, 0.1) is 0 Å². The summed E-state index contributed by atoms with van der Waals surface area (Å²) in [5, 5.41) is 0. The van der Waals surface area contributed by atoms with Crippen molar-refractivity contribution < 1.29 is 0 Å². The molecule has 3 aromatic rings. The highest BCUT2D eigenvalue weighted by Crippen LogP contribution is 2.39. The second-order valence-electron chi connectivity index (χ2n) is 4.86. The zero-order valence-electron chi connectivity index (χ0n) is 13.0. The Kier molecular flexibility index (Phi) is 7.77. The molecule has 0 atom stereocenters. The smallest absolute Gasteiger partial charge is 0.217 e. The van der Waals surface area contributed by atoms with Gasteiger partial charge in [-0.05, 0) is 11.1 Å². The van der Waals surface area contributed by atoms with Crippen molar-refractivity contribution in [3.8, 4) is 11.1 Å². The number of alkyl halides is 6. The minimum absolute atomic E-state index is 0.0983. The highest BCUT2D eigenvalue weighted by Gasteiger charge is 2.32. The number of halogens is 6. The van der Waals surface area contributed by atoms with Gasteiger partial charge in [0.2, 0.25) is 7.59 Å². The molecular formula is C17H11Cl6N3. The van der Waals surface area contributed by atoms with Crippen molar-refractivity contribution in [2.75, 3.05) is 0 Å². The van der Waals surface area contributed by atoms with Gasteiger partial charge in [0, 0.05) is 0 Å². The van der Waals surface area contributed by atoms with Crippen molar-refractivity contribution in [2.45, 2.75) is 7.59 Å². The number of benzene rings is 2. The predicted octanol–water partition coefficient (Wildman–Crippen LogP) is 6.88. The number of aromatic nitrogens is 3. The molecule has 0 saturated carbocycles. The molecule has 1 aromatic heterocycles. The number of rotatable bonds is 1. The third-order valence-corrected chi connectivity index (χ3v) is 3.97. The van der Waals surface area contributed by atoms with E-state index in [1.54, 1.807) is 0 Å².